The lowest BCUT2D eigenvalue weighted by Gasteiger charge is -2.17. The van der Waals surface area contributed by atoms with E-state index >= 15 is 0 Å². The van der Waals surface area contributed by atoms with Gasteiger partial charge in [0.2, 0.25) is 0 Å². The Morgan fingerprint density at radius 1 is 0.627 bits per heavy atom. The highest BCUT2D eigenvalue weighted by Gasteiger charge is 2.51. The molecule has 3 aromatic carbocycles. The van der Waals surface area contributed by atoms with Crippen LogP contribution in [0.15, 0.2) is 85.5 Å². The molecule has 0 N–H and O–H groups in total. The number of carbonyl (C=O) groups is 5. The molecule has 13 heteroatoms. The first-order valence-electron chi connectivity index (χ1n) is 16.5. The zero-order valence-corrected chi connectivity index (χ0v) is 28.0. The molecule has 51 heavy (non-hydrogen) atoms. The van der Waals surface area contributed by atoms with E-state index in [1.165, 1.54) is 48.5 Å². The molecule has 268 valence electrons. The van der Waals surface area contributed by atoms with Crippen LogP contribution < -0.4 is 9.47 Å². The number of hydrogen-bond donors (Lipinski definition) is 0. The fourth-order valence-corrected chi connectivity index (χ4v) is 5.29. The minimum absolute atomic E-state index is 0.0829. The minimum atomic E-state index is -0.872. The van der Waals surface area contributed by atoms with Crippen molar-refractivity contribution < 1.29 is 61.9 Å². The Balaban J connectivity index is 1.00. The second kappa shape index (κ2) is 17.9. The van der Waals surface area contributed by atoms with Crippen molar-refractivity contribution in [3.8, 4) is 11.5 Å². The van der Waals surface area contributed by atoms with Crippen LogP contribution in [-0.2, 0) is 33.2 Å². The molecular formula is C38H38O13. The fourth-order valence-electron chi connectivity index (χ4n) is 5.29. The predicted octanol–water partition coefficient (Wildman–Crippen LogP) is 5.57. The van der Waals surface area contributed by atoms with Crippen molar-refractivity contribution in [3.63, 3.8) is 0 Å². The normalized spacial score (nSPS) is 18.9. The van der Waals surface area contributed by atoms with Gasteiger partial charge in [-0.05, 0) is 93.3 Å². The largest absolute Gasteiger partial charge is 0.513 e. The van der Waals surface area contributed by atoms with Gasteiger partial charge in [-0.1, -0.05) is 24.3 Å². The average molecular weight is 703 g/mol. The predicted molar refractivity (Wildman–Crippen MR) is 179 cm³/mol. The summed E-state index contributed by atoms with van der Waals surface area (Å²) in [6.07, 6.45) is 0.670. The SMILES string of the molecule is C=CC(=O)OCCCCCCOC(=O)Oc1ccc(C(=O)Oc2ccc(C(=O)O[C@H]3COC4C3OC[C@@H]4OC(=O)c3ccc(C)cc3)cc2)cc1. The Morgan fingerprint density at radius 3 is 1.59 bits per heavy atom. The molecule has 5 rings (SSSR count). The van der Waals surface area contributed by atoms with Crippen LogP contribution in [0.5, 0.6) is 11.5 Å². The summed E-state index contributed by atoms with van der Waals surface area (Å²) in [6.45, 7) is 5.94. The highest BCUT2D eigenvalue weighted by atomic mass is 16.7. The summed E-state index contributed by atoms with van der Waals surface area (Å²) in [4.78, 5) is 61.1. The molecule has 2 aliphatic rings. The van der Waals surface area contributed by atoms with E-state index in [1.54, 1.807) is 12.1 Å². The number of carbonyl (C=O) groups excluding carboxylic acids is 5. The summed E-state index contributed by atoms with van der Waals surface area (Å²) >= 11 is 0. The molecule has 2 fully saturated rings. The fraction of sp³-hybridized carbons (Fsp3) is 0.342. The smallest absolute Gasteiger partial charge is 0.463 e. The molecule has 0 aromatic heterocycles. The molecule has 13 nitrogen and oxygen atoms in total. The van der Waals surface area contributed by atoms with Gasteiger partial charge in [0, 0.05) is 6.08 Å². The first-order valence-corrected chi connectivity index (χ1v) is 16.5. The van der Waals surface area contributed by atoms with Crippen LogP contribution >= 0.6 is 0 Å². The average Bonchev–Trinajstić information content (AvgIpc) is 3.72. The van der Waals surface area contributed by atoms with Gasteiger partial charge in [0.25, 0.3) is 0 Å². The van der Waals surface area contributed by atoms with E-state index in [0.29, 0.717) is 25.0 Å². The summed E-state index contributed by atoms with van der Waals surface area (Å²) in [5.41, 5.74) is 1.87. The maximum atomic E-state index is 12.9. The molecule has 2 unspecified atom stereocenters. The van der Waals surface area contributed by atoms with E-state index in [2.05, 4.69) is 6.58 Å². The van der Waals surface area contributed by atoms with Crippen molar-refractivity contribution in [2.45, 2.75) is 57.0 Å². The third-order valence-electron chi connectivity index (χ3n) is 8.03. The van der Waals surface area contributed by atoms with Gasteiger partial charge >= 0.3 is 30.0 Å². The van der Waals surface area contributed by atoms with E-state index in [-0.39, 0.29) is 42.4 Å². The van der Waals surface area contributed by atoms with Crippen LogP contribution in [0.3, 0.4) is 0 Å². The number of rotatable bonds is 15. The van der Waals surface area contributed by atoms with Crippen molar-refractivity contribution >= 4 is 30.0 Å². The van der Waals surface area contributed by atoms with Crippen molar-refractivity contribution in [1.82, 2.24) is 0 Å². The Labute approximate surface area is 294 Å². The molecule has 3 aromatic rings. The van der Waals surface area contributed by atoms with Crippen molar-refractivity contribution in [2.24, 2.45) is 0 Å². The number of unbranched alkanes of at least 4 members (excludes halogenated alkanes) is 3. The molecule has 2 heterocycles. The second-order valence-electron chi connectivity index (χ2n) is 11.8. The van der Waals surface area contributed by atoms with E-state index < -0.39 is 54.4 Å². The molecule has 0 bridgehead atoms. The molecule has 4 atom stereocenters. The number of ether oxygens (including phenoxy) is 8. The van der Waals surface area contributed by atoms with Crippen LogP contribution in [0.1, 0.15) is 62.3 Å². The maximum absolute atomic E-state index is 12.9. The molecule has 0 saturated carbocycles. The lowest BCUT2D eigenvalue weighted by Crippen LogP contribution is -2.36. The molecule has 0 amide bonds. The Kier molecular flexibility index (Phi) is 12.9. The highest BCUT2D eigenvalue weighted by molar-refractivity contribution is 5.92. The van der Waals surface area contributed by atoms with Gasteiger partial charge in [-0.15, -0.1) is 0 Å². The van der Waals surface area contributed by atoms with E-state index in [0.717, 1.165) is 24.5 Å². The molecule has 2 saturated heterocycles. The van der Waals surface area contributed by atoms with E-state index in [4.69, 9.17) is 37.9 Å². The first-order chi connectivity index (χ1) is 24.7. The molecule has 0 aliphatic carbocycles. The number of aryl methyl sites for hydroxylation is 1. The number of fused-ring (bicyclic) bond motifs is 1. The number of esters is 4. The summed E-state index contributed by atoms with van der Waals surface area (Å²) < 4.78 is 43.3. The van der Waals surface area contributed by atoms with E-state index in [1.807, 2.05) is 19.1 Å². The van der Waals surface area contributed by atoms with Crippen LogP contribution in [0, 0.1) is 6.92 Å². The van der Waals surface area contributed by atoms with Crippen LogP contribution in [0.2, 0.25) is 0 Å². The van der Waals surface area contributed by atoms with Gasteiger partial charge in [-0.25, -0.2) is 24.0 Å². The minimum Gasteiger partial charge on any atom is -0.463 e. The molecular weight excluding hydrogens is 664 g/mol. The van der Waals surface area contributed by atoms with Gasteiger partial charge < -0.3 is 37.9 Å². The Morgan fingerprint density at radius 2 is 1.08 bits per heavy atom. The van der Waals surface area contributed by atoms with Gasteiger partial charge in [-0.2, -0.15) is 0 Å². The summed E-state index contributed by atoms with van der Waals surface area (Å²) in [7, 11) is 0. The highest BCUT2D eigenvalue weighted by Crippen LogP contribution is 2.31. The Hall–Kier alpha value is -5.53. The topological polar surface area (TPSA) is 159 Å². The number of benzene rings is 3. The van der Waals surface area contributed by atoms with Gasteiger partial charge in [-0.3, -0.25) is 0 Å². The zero-order valence-electron chi connectivity index (χ0n) is 28.0. The first kappa shape index (κ1) is 36.7. The van der Waals surface area contributed by atoms with Crippen molar-refractivity contribution in [1.29, 1.82) is 0 Å². The summed E-state index contributed by atoms with van der Waals surface area (Å²) in [5.74, 6) is -1.85. The quantitative estimate of drug-likeness (QED) is 0.0484. The number of hydrogen-bond acceptors (Lipinski definition) is 13. The summed E-state index contributed by atoms with van der Waals surface area (Å²) in [6, 6.07) is 18.6. The van der Waals surface area contributed by atoms with Gasteiger partial charge in [0.1, 0.15) is 23.7 Å². The van der Waals surface area contributed by atoms with Gasteiger partial charge in [0.05, 0.1) is 43.1 Å². The zero-order chi connectivity index (χ0) is 36.2. The summed E-state index contributed by atoms with van der Waals surface area (Å²) in [5, 5.41) is 0. The molecule has 0 radical (unpaired) electrons. The van der Waals surface area contributed by atoms with Crippen LogP contribution in [0.25, 0.3) is 0 Å². The maximum Gasteiger partial charge on any atom is 0.513 e. The van der Waals surface area contributed by atoms with Crippen LogP contribution in [-0.4, -0.2) is 80.9 Å². The van der Waals surface area contributed by atoms with Crippen molar-refractivity contribution in [2.75, 3.05) is 26.4 Å². The third kappa shape index (κ3) is 10.5. The van der Waals surface area contributed by atoms with E-state index in [9.17, 15) is 24.0 Å². The third-order valence-corrected chi connectivity index (χ3v) is 8.03. The lowest BCUT2D eigenvalue weighted by molar-refractivity contribution is -0.137. The standard InChI is InChI=1S/C38H38O13/c1-3-32(39)44-20-6-4-5-7-21-45-38(43)49-29-18-14-26(15-19-29)35(40)48-28-16-12-27(13-17-28)37(42)51-31-23-47-33-30(22-46-34(31)33)50-36(41)25-10-8-24(2)9-11-25/h3,8-19,30-31,33-34H,1,4-7,20-23H2,2H3/t30-,31-,33?,34?/m0/s1. The lowest BCUT2D eigenvalue weighted by atomic mass is 10.1. The van der Waals surface area contributed by atoms with Gasteiger partial charge in [0.15, 0.2) is 12.2 Å². The Bertz CT molecular complexity index is 1680. The monoisotopic (exact) mass is 702 g/mol. The van der Waals surface area contributed by atoms with Crippen LogP contribution in [0.4, 0.5) is 4.79 Å². The van der Waals surface area contributed by atoms with Crippen molar-refractivity contribution in [3.05, 3.63) is 108 Å². The second-order valence-corrected chi connectivity index (χ2v) is 11.8. The molecule has 2 aliphatic heterocycles. The molecule has 0 spiro atoms.